The Kier molecular flexibility index (Phi) is 4.97. The third kappa shape index (κ3) is 3.88. The first-order chi connectivity index (χ1) is 12.4. The quantitative estimate of drug-likeness (QED) is 0.892. The Labute approximate surface area is 152 Å². The highest BCUT2D eigenvalue weighted by Gasteiger charge is 2.18. The van der Waals surface area contributed by atoms with Gasteiger partial charge in [0.15, 0.2) is 11.5 Å². The number of nitrogens with zero attached hydrogens (tertiary/aromatic N) is 2. The van der Waals surface area contributed by atoms with Crippen molar-refractivity contribution in [2.75, 3.05) is 42.5 Å². The smallest absolute Gasteiger partial charge is 0.244 e. The minimum absolute atomic E-state index is 0.0783. The Bertz CT molecular complexity index is 818. The summed E-state index contributed by atoms with van der Waals surface area (Å²) >= 11 is 0. The lowest BCUT2D eigenvalue weighted by Crippen LogP contribution is -2.36. The van der Waals surface area contributed by atoms with Crippen LogP contribution in [0.4, 0.5) is 17.1 Å². The molecule has 3 rings (SSSR count). The molecule has 0 aliphatic carbocycles. The number of hydrogen-bond acceptors (Lipinski definition) is 5. The zero-order valence-corrected chi connectivity index (χ0v) is 15.0. The molecule has 7 nitrogen and oxygen atoms in total. The van der Waals surface area contributed by atoms with E-state index < -0.39 is 0 Å². The Morgan fingerprint density at radius 1 is 1.00 bits per heavy atom. The molecule has 1 aliphatic heterocycles. The molecule has 0 radical (unpaired) electrons. The summed E-state index contributed by atoms with van der Waals surface area (Å²) in [7, 11) is 3.88. The van der Waals surface area contributed by atoms with Gasteiger partial charge in [-0.25, -0.2) is 0 Å². The molecule has 2 aromatic rings. The molecule has 0 saturated carbocycles. The molecule has 0 saturated heterocycles. The lowest BCUT2D eigenvalue weighted by atomic mass is 10.2. The summed E-state index contributed by atoms with van der Waals surface area (Å²) in [6, 6.07) is 12.6. The van der Waals surface area contributed by atoms with Gasteiger partial charge in [0.2, 0.25) is 18.6 Å². The molecule has 0 fully saturated rings. The highest BCUT2D eigenvalue weighted by Crippen LogP contribution is 2.34. The molecule has 26 heavy (non-hydrogen) atoms. The summed E-state index contributed by atoms with van der Waals surface area (Å²) in [6.45, 7) is 1.53. The number of benzene rings is 2. The highest BCUT2D eigenvalue weighted by molar-refractivity contribution is 6.02. The first-order valence-corrected chi connectivity index (χ1v) is 8.19. The van der Waals surface area contributed by atoms with E-state index in [9.17, 15) is 9.59 Å². The molecule has 2 aromatic carbocycles. The third-order valence-corrected chi connectivity index (χ3v) is 4.02. The van der Waals surface area contributed by atoms with E-state index in [0.29, 0.717) is 22.9 Å². The molecule has 0 atom stereocenters. The number of fused-ring (bicyclic) bond motifs is 1. The van der Waals surface area contributed by atoms with Crippen LogP contribution in [0.25, 0.3) is 0 Å². The number of hydrogen-bond donors (Lipinski definition) is 1. The van der Waals surface area contributed by atoms with Crippen LogP contribution in [0.5, 0.6) is 11.5 Å². The fourth-order valence-electron chi connectivity index (χ4n) is 2.63. The summed E-state index contributed by atoms with van der Waals surface area (Å²) < 4.78 is 10.5. The Balaban J connectivity index is 1.69. The van der Waals surface area contributed by atoms with Gasteiger partial charge in [-0.1, -0.05) is 0 Å². The zero-order valence-electron chi connectivity index (χ0n) is 15.0. The van der Waals surface area contributed by atoms with E-state index >= 15 is 0 Å². The van der Waals surface area contributed by atoms with Crippen LogP contribution in [0.2, 0.25) is 0 Å². The molecule has 1 heterocycles. The maximum absolute atomic E-state index is 12.4. The van der Waals surface area contributed by atoms with Gasteiger partial charge < -0.3 is 24.6 Å². The van der Waals surface area contributed by atoms with E-state index in [4.69, 9.17) is 9.47 Å². The first-order valence-electron chi connectivity index (χ1n) is 8.19. The first kappa shape index (κ1) is 17.6. The number of carbonyl (C=O) groups is 2. The van der Waals surface area contributed by atoms with Crippen LogP contribution in [-0.4, -0.2) is 39.2 Å². The lowest BCUT2D eigenvalue weighted by molar-refractivity contribution is -0.120. The predicted molar refractivity (Wildman–Crippen MR) is 100.0 cm³/mol. The SMILES string of the molecule is CC(=O)N(CC(=O)Nc1ccc2c(c1)OCO2)c1ccc(N(C)C)cc1. The highest BCUT2D eigenvalue weighted by atomic mass is 16.7. The van der Waals surface area contributed by atoms with Crippen molar-refractivity contribution in [1.29, 1.82) is 0 Å². The summed E-state index contributed by atoms with van der Waals surface area (Å²) in [4.78, 5) is 27.8. The van der Waals surface area contributed by atoms with Crippen LogP contribution in [0.1, 0.15) is 6.92 Å². The van der Waals surface area contributed by atoms with Crippen LogP contribution in [0, 0.1) is 0 Å². The standard InChI is InChI=1S/C19H21N3O4/c1-13(23)22(16-7-5-15(6-8-16)21(2)3)11-19(24)20-14-4-9-17-18(10-14)26-12-25-17/h4-10H,11-12H2,1-3H3,(H,20,24). The summed E-state index contributed by atoms with van der Waals surface area (Å²) in [6.07, 6.45) is 0. The second-order valence-electron chi connectivity index (χ2n) is 6.13. The van der Waals surface area contributed by atoms with E-state index in [1.807, 2.05) is 43.3 Å². The van der Waals surface area contributed by atoms with Gasteiger partial charge in [-0.15, -0.1) is 0 Å². The van der Waals surface area contributed by atoms with Crippen molar-refractivity contribution in [3.63, 3.8) is 0 Å². The molecule has 1 N–H and O–H groups in total. The van der Waals surface area contributed by atoms with Gasteiger partial charge in [0.05, 0.1) is 0 Å². The van der Waals surface area contributed by atoms with Gasteiger partial charge in [-0.05, 0) is 36.4 Å². The van der Waals surface area contributed by atoms with Crippen molar-refractivity contribution >= 4 is 28.9 Å². The summed E-state index contributed by atoms with van der Waals surface area (Å²) in [5.41, 5.74) is 2.27. The number of carbonyl (C=O) groups excluding carboxylic acids is 2. The summed E-state index contributed by atoms with van der Waals surface area (Å²) in [5.74, 6) is 0.735. The number of anilines is 3. The fourth-order valence-corrected chi connectivity index (χ4v) is 2.63. The molecule has 0 unspecified atom stereocenters. The second-order valence-corrected chi connectivity index (χ2v) is 6.13. The molecule has 7 heteroatoms. The molecule has 0 spiro atoms. The Morgan fingerprint density at radius 3 is 2.31 bits per heavy atom. The number of amides is 2. The number of ether oxygens (including phenoxy) is 2. The van der Waals surface area contributed by atoms with Crippen molar-refractivity contribution in [3.05, 3.63) is 42.5 Å². The minimum atomic E-state index is -0.296. The van der Waals surface area contributed by atoms with Crippen LogP contribution in [0.15, 0.2) is 42.5 Å². The van der Waals surface area contributed by atoms with Crippen molar-refractivity contribution in [1.82, 2.24) is 0 Å². The van der Waals surface area contributed by atoms with Crippen molar-refractivity contribution in [3.8, 4) is 11.5 Å². The average molecular weight is 355 g/mol. The van der Waals surface area contributed by atoms with E-state index in [0.717, 1.165) is 5.69 Å². The van der Waals surface area contributed by atoms with E-state index in [1.165, 1.54) is 11.8 Å². The van der Waals surface area contributed by atoms with E-state index in [1.54, 1.807) is 18.2 Å². The fraction of sp³-hybridized carbons (Fsp3) is 0.263. The van der Waals surface area contributed by atoms with Gasteiger partial charge in [-0.3, -0.25) is 9.59 Å². The van der Waals surface area contributed by atoms with Gasteiger partial charge >= 0.3 is 0 Å². The van der Waals surface area contributed by atoms with Gasteiger partial charge in [0.25, 0.3) is 0 Å². The number of nitrogens with one attached hydrogen (secondary N) is 1. The molecule has 1 aliphatic rings. The molecular weight excluding hydrogens is 334 g/mol. The van der Waals surface area contributed by atoms with Gasteiger partial charge in [0, 0.05) is 44.1 Å². The zero-order chi connectivity index (χ0) is 18.7. The van der Waals surface area contributed by atoms with Crippen molar-refractivity contribution in [2.24, 2.45) is 0 Å². The average Bonchev–Trinajstić information content (AvgIpc) is 3.07. The van der Waals surface area contributed by atoms with Crippen molar-refractivity contribution in [2.45, 2.75) is 6.92 Å². The van der Waals surface area contributed by atoms with E-state index in [2.05, 4.69) is 5.32 Å². The molecule has 0 aromatic heterocycles. The largest absolute Gasteiger partial charge is 0.454 e. The summed E-state index contributed by atoms with van der Waals surface area (Å²) in [5, 5.41) is 2.78. The van der Waals surface area contributed by atoms with Crippen LogP contribution >= 0.6 is 0 Å². The number of rotatable bonds is 5. The molecular formula is C19H21N3O4. The van der Waals surface area contributed by atoms with Crippen LogP contribution in [-0.2, 0) is 9.59 Å². The Morgan fingerprint density at radius 2 is 1.65 bits per heavy atom. The normalized spacial score (nSPS) is 11.8. The van der Waals surface area contributed by atoms with Gasteiger partial charge in [-0.2, -0.15) is 0 Å². The van der Waals surface area contributed by atoms with Crippen LogP contribution in [0.3, 0.4) is 0 Å². The third-order valence-electron chi connectivity index (χ3n) is 4.02. The maximum Gasteiger partial charge on any atom is 0.244 e. The maximum atomic E-state index is 12.4. The Hall–Kier alpha value is -3.22. The lowest BCUT2D eigenvalue weighted by Gasteiger charge is -2.22. The van der Waals surface area contributed by atoms with Crippen molar-refractivity contribution < 1.29 is 19.1 Å². The topological polar surface area (TPSA) is 71.1 Å². The van der Waals surface area contributed by atoms with Gasteiger partial charge in [0.1, 0.15) is 6.54 Å². The monoisotopic (exact) mass is 355 g/mol. The van der Waals surface area contributed by atoms with Crippen LogP contribution < -0.4 is 24.6 Å². The minimum Gasteiger partial charge on any atom is -0.454 e. The molecule has 136 valence electrons. The predicted octanol–water partition coefficient (Wildman–Crippen LogP) is 2.47. The molecule has 2 amide bonds. The molecule has 0 bridgehead atoms. The van der Waals surface area contributed by atoms with E-state index in [-0.39, 0.29) is 25.2 Å². The second kappa shape index (κ2) is 7.35.